The van der Waals surface area contributed by atoms with Gasteiger partial charge in [0, 0.05) is 0 Å². The van der Waals surface area contributed by atoms with Gasteiger partial charge in [-0.05, 0) is 25.8 Å². The summed E-state index contributed by atoms with van der Waals surface area (Å²) in [5.74, 6) is 0.551. The number of furan rings is 1. The molecule has 0 aromatic carbocycles. The Kier molecular flexibility index (Phi) is 3.71. The van der Waals surface area contributed by atoms with Crippen LogP contribution in [0.25, 0.3) is 0 Å². The minimum absolute atomic E-state index is 0.165. The van der Waals surface area contributed by atoms with E-state index in [1.807, 2.05) is 0 Å². The first kappa shape index (κ1) is 13.1. The van der Waals surface area contributed by atoms with E-state index in [0.717, 1.165) is 25.7 Å². The van der Waals surface area contributed by atoms with Gasteiger partial charge in [0.25, 0.3) is 5.91 Å². The first-order valence-corrected chi connectivity index (χ1v) is 6.62. The molecule has 98 valence electrons. The number of carbonyl (C=O) groups excluding carboxylic acids is 1. The third-order valence-corrected chi connectivity index (χ3v) is 3.92. The van der Waals surface area contributed by atoms with E-state index in [2.05, 4.69) is 5.32 Å². The van der Waals surface area contributed by atoms with Gasteiger partial charge in [-0.3, -0.25) is 4.79 Å². The van der Waals surface area contributed by atoms with Crippen molar-refractivity contribution >= 4 is 23.1 Å². The molecule has 1 amide bonds. The van der Waals surface area contributed by atoms with Gasteiger partial charge >= 0.3 is 0 Å². The number of nitrogens with two attached hydrogens (primary N) is 1. The number of rotatable bonds is 3. The lowest BCUT2D eigenvalue weighted by atomic mass is 9.81. The summed E-state index contributed by atoms with van der Waals surface area (Å²) >= 11 is 5.14. The summed E-state index contributed by atoms with van der Waals surface area (Å²) in [5, 5.41) is 3.00. The second kappa shape index (κ2) is 5.10. The van der Waals surface area contributed by atoms with E-state index < -0.39 is 5.54 Å². The molecule has 1 aliphatic carbocycles. The number of carbonyl (C=O) groups is 1. The van der Waals surface area contributed by atoms with Crippen LogP contribution in [0.15, 0.2) is 16.7 Å². The van der Waals surface area contributed by atoms with Crippen molar-refractivity contribution in [1.29, 1.82) is 0 Å². The summed E-state index contributed by atoms with van der Waals surface area (Å²) in [7, 11) is 0. The van der Waals surface area contributed by atoms with Crippen LogP contribution in [0.4, 0.5) is 0 Å². The topological polar surface area (TPSA) is 68.3 Å². The molecule has 0 aliphatic heterocycles. The summed E-state index contributed by atoms with van der Waals surface area (Å²) in [6.45, 7) is 1.81. The normalized spacial score (nSPS) is 18.3. The number of nitrogens with one attached hydrogen (secondary N) is 1. The van der Waals surface area contributed by atoms with Crippen LogP contribution < -0.4 is 11.1 Å². The molecule has 1 saturated carbocycles. The zero-order chi connectivity index (χ0) is 13.2. The molecule has 0 bridgehead atoms. The predicted molar refractivity (Wildman–Crippen MR) is 73.5 cm³/mol. The summed E-state index contributed by atoms with van der Waals surface area (Å²) in [4.78, 5) is 12.5. The molecule has 5 heteroatoms. The molecule has 18 heavy (non-hydrogen) atoms. The largest absolute Gasteiger partial charge is 0.469 e. The maximum absolute atomic E-state index is 12.1. The van der Waals surface area contributed by atoms with Crippen LogP contribution in [-0.4, -0.2) is 16.4 Å². The van der Waals surface area contributed by atoms with Crippen molar-refractivity contribution in [2.75, 3.05) is 0 Å². The maximum atomic E-state index is 12.1. The minimum atomic E-state index is -0.518. The van der Waals surface area contributed by atoms with Crippen molar-refractivity contribution in [3.8, 4) is 0 Å². The predicted octanol–water partition coefficient (Wildman–Crippen LogP) is 2.31. The Hall–Kier alpha value is -1.36. The Morgan fingerprint density at radius 3 is 2.61 bits per heavy atom. The van der Waals surface area contributed by atoms with Crippen molar-refractivity contribution in [3.05, 3.63) is 23.7 Å². The number of hydrogen-bond acceptors (Lipinski definition) is 3. The molecule has 1 fully saturated rings. The van der Waals surface area contributed by atoms with Crippen molar-refractivity contribution in [2.45, 2.75) is 44.6 Å². The lowest BCUT2D eigenvalue weighted by molar-refractivity contribution is 0.0908. The Balaban J connectivity index is 2.14. The minimum Gasteiger partial charge on any atom is -0.469 e. The highest BCUT2D eigenvalue weighted by Gasteiger charge is 2.36. The van der Waals surface area contributed by atoms with Crippen LogP contribution in [0, 0.1) is 6.92 Å². The van der Waals surface area contributed by atoms with E-state index in [0.29, 0.717) is 16.3 Å². The van der Waals surface area contributed by atoms with E-state index in [-0.39, 0.29) is 5.91 Å². The van der Waals surface area contributed by atoms with Crippen molar-refractivity contribution in [3.63, 3.8) is 0 Å². The SMILES string of the molecule is Cc1cc(C(=O)NC2(C(N)=S)CCCCC2)co1. The molecule has 0 unspecified atom stereocenters. The number of thiocarbonyl (C=S) groups is 1. The molecule has 4 nitrogen and oxygen atoms in total. The van der Waals surface area contributed by atoms with Crippen molar-refractivity contribution in [1.82, 2.24) is 5.32 Å². The first-order valence-electron chi connectivity index (χ1n) is 6.21. The van der Waals surface area contributed by atoms with Gasteiger partial charge in [0.1, 0.15) is 12.0 Å². The van der Waals surface area contributed by atoms with Crippen LogP contribution in [0.5, 0.6) is 0 Å². The third kappa shape index (κ3) is 2.56. The highest BCUT2D eigenvalue weighted by molar-refractivity contribution is 7.80. The van der Waals surface area contributed by atoms with Gasteiger partial charge in [0.15, 0.2) is 0 Å². The molecular formula is C13H18N2O2S. The van der Waals surface area contributed by atoms with E-state index in [4.69, 9.17) is 22.4 Å². The lowest BCUT2D eigenvalue weighted by Gasteiger charge is -2.37. The average molecular weight is 266 g/mol. The number of amides is 1. The fourth-order valence-electron chi connectivity index (χ4n) is 2.44. The summed E-state index contributed by atoms with van der Waals surface area (Å²) < 4.78 is 5.14. The molecule has 1 heterocycles. The highest BCUT2D eigenvalue weighted by atomic mass is 32.1. The molecule has 0 spiro atoms. The summed E-state index contributed by atoms with van der Waals surface area (Å²) in [5.41, 5.74) is 5.83. The van der Waals surface area contributed by atoms with Gasteiger partial charge in [0.05, 0.1) is 16.1 Å². The lowest BCUT2D eigenvalue weighted by Crippen LogP contribution is -2.57. The number of aryl methyl sites for hydroxylation is 1. The molecule has 3 N–H and O–H groups in total. The van der Waals surface area contributed by atoms with E-state index in [1.165, 1.54) is 12.7 Å². The Morgan fingerprint density at radius 1 is 1.44 bits per heavy atom. The van der Waals surface area contributed by atoms with Crippen molar-refractivity contribution in [2.24, 2.45) is 5.73 Å². The fraction of sp³-hybridized carbons (Fsp3) is 0.538. The zero-order valence-electron chi connectivity index (χ0n) is 10.5. The highest BCUT2D eigenvalue weighted by Crippen LogP contribution is 2.29. The summed E-state index contributed by atoms with van der Waals surface area (Å²) in [6, 6.07) is 1.71. The standard InChI is InChI=1S/C13H18N2O2S/c1-9-7-10(8-17-9)11(16)15-13(12(14)18)5-3-2-4-6-13/h7-8H,2-6H2,1H3,(H2,14,18)(H,15,16). The van der Waals surface area contributed by atoms with Gasteiger partial charge in [0.2, 0.25) is 0 Å². The molecule has 0 radical (unpaired) electrons. The van der Waals surface area contributed by atoms with Crippen LogP contribution in [-0.2, 0) is 0 Å². The molecule has 0 atom stereocenters. The molecule has 2 rings (SSSR count). The number of hydrogen-bond donors (Lipinski definition) is 2. The molecule has 0 saturated heterocycles. The van der Waals surface area contributed by atoms with Gasteiger partial charge in [-0.15, -0.1) is 0 Å². The molecule has 1 aromatic rings. The van der Waals surface area contributed by atoms with Crippen molar-refractivity contribution < 1.29 is 9.21 Å². The van der Waals surface area contributed by atoms with Crippen LogP contribution in [0.2, 0.25) is 0 Å². The van der Waals surface area contributed by atoms with Crippen LogP contribution >= 0.6 is 12.2 Å². The Bertz CT molecular complexity index is 461. The van der Waals surface area contributed by atoms with Gasteiger partial charge in [-0.1, -0.05) is 31.5 Å². The van der Waals surface area contributed by atoms with Gasteiger partial charge in [-0.25, -0.2) is 0 Å². The molecule has 1 aromatic heterocycles. The van der Waals surface area contributed by atoms with E-state index in [1.54, 1.807) is 13.0 Å². The molecule has 1 aliphatic rings. The quantitative estimate of drug-likeness (QED) is 0.824. The Morgan fingerprint density at radius 2 is 2.11 bits per heavy atom. The van der Waals surface area contributed by atoms with Gasteiger partial charge in [-0.2, -0.15) is 0 Å². The summed E-state index contributed by atoms with van der Waals surface area (Å²) in [6.07, 6.45) is 6.37. The smallest absolute Gasteiger partial charge is 0.255 e. The fourth-order valence-corrected chi connectivity index (χ4v) is 2.70. The van der Waals surface area contributed by atoms with E-state index >= 15 is 0 Å². The van der Waals surface area contributed by atoms with Crippen LogP contribution in [0.1, 0.15) is 48.2 Å². The van der Waals surface area contributed by atoms with Crippen LogP contribution in [0.3, 0.4) is 0 Å². The van der Waals surface area contributed by atoms with Gasteiger partial charge < -0.3 is 15.5 Å². The maximum Gasteiger partial charge on any atom is 0.255 e. The molecular weight excluding hydrogens is 248 g/mol. The average Bonchev–Trinajstić information content (AvgIpc) is 2.77. The Labute approximate surface area is 112 Å². The zero-order valence-corrected chi connectivity index (χ0v) is 11.3. The second-order valence-corrected chi connectivity index (χ2v) is 5.35. The third-order valence-electron chi connectivity index (χ3n) is 3.52. The van der Waals surface area contributed by atoms with E-state index in [9.17, 15) is 4.79 Å². The first-order chi connectivity index (χ1) is 8.53. The monoisotopic (exact) mass is 266 g/mol. The second-order valence-electron chi connectivity index (χ2n) is 4.91.